The van der Waals surface area contributed by atoms with Crippen molar-refractivity contribution in [3.05, 3.63) is 119 Å². The van der Waals surface area contributed by atoms with Gasteiger partial charge in [0.2, 0.25) is 6.10 Å². The molecule has 362 valence electrons. The lowest BCUT2D eigenvalue weighted by Crippen LogP contribution is -2.78. The number of amides is 1. The van der Waals surface area contributed by atoms with E-state index in [1.807, 2.05) is 6.92 Å². The van der Waals surface area contributed by atoms with Crippen molar-refractivity contribution in [3.63, 3.8) is 0 Å². The van der Waals surface area contributed by atoms with Crippen LogP contribution in [0, 0.1) is 22.7 Å². The van der Waals surface area contributed by atoms with Gasteiger partial charge in [0.1, 0.15) is 29.5 Å². The first kappa shape index (κ1) is 49.7. The van der Waals surface area contributed by atoms with Crippen molar-refractivity contribution in [1.29, 1.82) is 0 Å². The van der Waals surface area contributed by atoms with E-state index in [1.54, 1.807) is 99.6 Å². The molecule has 15 heteroatoms. The number of ether oxygens (including phenoxy) is 5. The maximum atomic E-state index is 15.7. The van der Waals surface area contributed by atoms with Crippen LogP contribution in [0.2, 0.25) is 0 Å². The van der Waals surface area contributed by atoms with E-state index >= 15 is 9.59 Å². The molecule has 1 amide bonds. The summed E-state index contributed by atoms with van der Waals surface area (Å²) in [5, 5.41) is 29.1. The molecule has 3 aromatic rings. The highest BCUT2D eigenvalue weighted by molar-refractivity contribution is 5.96. The van der Waals surface area contributed by atoms with Gasteiger partial charge in [-0.25, -0.2) is 9.59 Å². The van der Waals surface area contributed by atoms with Crippen LogP contribution in [0.5, 0.6) is 0 Å². The Morgan fingerprint density at radius 3 is 1.99 bits per heavy atom. The zero-order valence-corrected chi connectivity index (χ0v) is 39.5. The molecular weight excluding hydrogens is 875 g/mol. The molecule has 1 unspecified atom stereocenters. The summed E-state index contributed by atoms with van der Waals surface area (Å²) < 4.78 is 31.1. The van der Waals surface area contributed by atoms with Crippen molar-refractivity contribution in [1.82, 2.24) is 5.32 Å². The summed E-state index contributed by atoms with van der Waals surface area (Å²) in [5.74, 6) is -7.77. The molecule has 0 aromatic heterocycles. The third-order valence-electron chi connectivity index (χ3n) is 15.0. The van der Waals surface area contributed by atoms with E-state index in [1.165, 1.54) is 26.0 Å². The molecule has 2 bridgehead atoms. The molecule has 0 aliphatic heterocycles. The van der Waals surface area contributed by atoms with Crippen LogP contribution in [0.15, 0.2) is 102 Å². The summed E-state index contributed by atoms with van der Waals surface area (Å²) in [7, 11) is 0. The molecule has 4 aliphatic rings. The van der Waals surface area contributed by atoms with E-state index in [0.717, 1.165) is 6.92 Å². The van der Waals surface area contributed by atoms with Crippen LogP contribution >= 0.6 is 0 Å². The number of aliphatic hydroxyl groups excluding tert-OH is 1. The Bertz CT molecular complexity index is 2450. The lowest BCUT2D eigenvalue weighted by Gasteiger charge is -2.68. The number of unbranched alkanes of at least 4 members (excludes halogenated alkanes) is 1. The predicted octanol–water partition coefficient (Wildman–Crippen LogP) is 6.49. The number of carbonyl (C=O) groups is 7. The largest absolute Gasteiger partial charge is 0.458 e. The van der Waals surface area contributed by atoms with Gasteiger partial charge in [-0.2, -0.15) is 0 Å². The second-order valence-corrected chi connectivity index (χ2v) is 19.4. The van der Waals surface area contributed by atoms with Gasteiger partial charge in [-0.3, -0.25) is 24.0 Å². The molecule has 4 aliphatic carbocycles. The zero-order valence-electron chi connectivity index (χ0n) is 39.5. The fourth-order valence-corrected chi connectivity index (χ4v) is 11.3. The molecule has 3 fully saturated rings. The van der Waals surface area contributed by atoms with Crippen molar-refractivity contribution in [2.75, 3.05) is 0 Å². The number of esters is 5. The molecule has 11 atom stereocenters. The molecule has 0 spiro atoms. The number of Topliss-reactive ketones (excluding diaryl/α,β-unsaturated/α-hetero) is 1. The number of fused-ring (bicyclic) bond motifs is 5. The van der Waals surface area contributed by atoms with Gasteiger partial charge in [0, 0.05) is 43.6 Å². The van der Waals surface area contributed by atoms with Gasteiger partial charge in [0.25, 0.3) is 5.91 Å². The average molecular weight is 936 g/mol. The lowest BCUT2D eigenvalue weighted by molar-refractivity contribution is -0.296. The van der Waals surface area contributed by atoms with Crippen LogP contribution in [0.25, 0.3) is 0 Å². The molecule has 68 heavy (non-hydrogen) atoms. The summed E-state index contributed by atoms with van der Waals surface area (Å²) in [6.07, 6.45) is -7.25. The van der Waals surface area contributed by atoms with Gasteiger partial charge in [-0.1, -0.05) is 93.9 Å². The third-order valence-corrected chi connectivity index (χ3v) is 15.0. The normalized spacial score (nSPS) is 30.0. The maximum Gasteiger partial charge on any atom is 0.350 e. The van der Waals surface area contributed by atoms with E-state index in [0.29, 0.717) is 24.8 Å². The van der Waals surface area contributed by atoms with Crippen LogP contribution in [0.4, 0.5) is 0 Å². The number of rotatable bonds is 14. The van der Waals surface area contributed by atoms with Crippen molar-refractivity contribution < 1.29 is 67.5 Å². The Labute approximate surface area is 395 Å². The van der Waals surface area contributed by atoms with Gasteiger partial charge in [0.15, 0.2) is 11.9 Å². The first-order valence-electron chi connectivity index (χ1n) is 23.3. The van der Waals surface area contributed by atoms with Crippen LogP contribution in [0.3, 0.4) is 0 Å². The van der Waals surface area contributed by atoms with E-state index in [4.69, 9.17) is 23.7 Å². The molecule has 7 rings (SSSR count). The minimum atomic E-state index is -2.37. The van der Waals surface area contributed by atoms with Crippen LogP contribution < -0.4 is 5.32 Å². The molecule has 0 heterocycles. The minimum Gasteiger partial charge on any atom is -0.458 e. The highest BCUT2D eigenvalue weighted by Crippen LogP contribution is 2.67. The summed E-state index contributed by atoms with van der Waals surface area (Å²) >= 11 is 0. The number of nitrogens with one attached hydrogen (secondary N) is 1. The Hall–Kier alpha value is -6.19. The summed E-state index contributed by atoms with van der Waals surface area (Å²) in [6, 6.07) is 23.3. The molecular formula is C53H61NO14. The quantitative estimate of drug-likeness (QED) is 0.0895. The standard InChI is InChI=1S/C53H61NO14/c1-8-9-25-39(58)66-43(41(33-19-13-10-14-20-33)54-47(60)34-21-15-11-16-22-34)49(62)65-37-29-53(63)46(67-48(61)35-23-17-12-18-24-35)44-51(7,38(57)28-36-26-27-52(36,44)68-32(4)56)45(59)42(64-31(3)55)40(30(37)2)50(53,5)6/h10-24,36-38,41-44,46,57,63H,8-9,25-29H2,1-7H3,(H,54,60)/t36-,37+,38+,41+,42-,43-,44?,46+,51-,52+,53-/m1/s1. The molecule has 3 aromatic carbocycles. The van der Waals surface area contributed by atoms with Crippen molar-refractivity contribution in [2.24, 2.45) is 22.7 Å². The SMILES string of the molecule is CCCCC(=O)O[C@@H](C(=O)O[C@H]1C[C@@]2(O)[C@@H](OC(=O)c3ccccc3)C3[C@](C)(C(=O)[C@H](OC(C)=O)C(=C1C)C2(C)C)[C@@H](O)C[C@H]1CC[C@@]31OC(C)=O)[C@@H](NC(=O)c1ccccc1)c1ccccc1. The molecule has 3 N–H and O–H groups in total. The monoisotopic (exact) mass is 935 g/mol. The molecule has 3 saturated carbocycles. The molecule has 0 radical (unpaired) electrons. The summed E-state index contributed by atoms with van der Waals surface area (Å²) in [6.45, 7) is 10.4. The number of aliphatic hydroxyl groups is 2. The number of hydrogen-bond donors (Lipinski definition) is 3. The molecule has 0 saturated heterocycles. The Morgan fingerprint density at radius 2 is 1.43 bits per heavy atom. The summed E-state index contributed by atoms with van der Waals surface area (Å²) in [5.41, 5.74) is -6.67. The first-order chi connectivity index (χ1) is 32.2. The fourth-order valence-electron chi connectivity index (χ4n) is 11.3. The third kappa shape index (κ3) is 8.86. The Kier molecular flexibility index (Phi) is 14.2. The summed E-state index contributed by atoms with van der Waals surface area (Å²) in [4.78, 5) is 99.0. The van der Waals surface area contributed by atoms with Crippen molar-refractivity contribution in [3.8, 4) is 0 Å². The van der Waals surface area contributed by atoms with Crippen molar-refractivity contribution in [2.45, 2.75) is 141 Å². The van der Waals surface area contributed by atoms with Gasteiger partial charge >= 0.3 is 29.8 Å². The highest BCUT2D eigenvalue weighted by Gasteiger charge is 2.77. The fraction of sp³-hybridized carbons (Fsp3) is 0.491. The predicted molar refractivity (Wildman–Crippen MR) is 244 cm³/mol. The second-order valence-electron chi connectivity index (χ2n) is 19.4. The number of hydrogen-bond acceptors (Lipinski definition) is 14. The van der Waals surface area contributed by atoms with Gasteiger partial charge < -0.3 is 39.2 Å². The van der Waals surface area contributed by atoms with Gasteiger partial charge in [-0.15, -0.1) is 0 Å². The van der Waals surface area contributed by atoms with Gasteiger partial charge in [0.05, 0.1) is 23.0 Å². The van der Waals surface area contributed by atoms with Crippen molar-refractivity contribution >= 4 is 41.5 Å². The van der Waals surface area contributed by atoms with Crippen LogP contribution in [0.1, 0.15) is 126 Å². The second kappa shape index (κ2) is 19.4. The Morgan fingerprint density at radius 1 is 0.824 bits per heavy atom. The lowest BCUT2D eigenvalue weighted by atomic mass is 9.41. The number of ketones is 1. The zero-order chi connectivity index (χ0) is 49.3. The highest BCUT2D eigenvalue weighted by atomic mass is 16.6. The van der Waals surface area contributed by atoms with E-state index in [-0.39, 0.29) is 41.5 Å². The van der Waals surface area contributed by atoms with Crippen LogP contribution in [-0.2, 0) is 47.7 Å². The van der Waals surface area contributed by atoms with Gasteiger partial charge in [-0.05, 0) is 80.5 Å². The van der Waals surface area contributed by atoms with E-state index in [9.17, 15) is 34.2 Å². The first-order valence-corrected chi connectivity index (χ1v) is 23.3. The number of benzene rings is 3. The van der Waals surface area contributed by atoms with E-state index in [2.05, 4.69) is 5.32 Å². The average Bonchev–Trinajstić information content (AvgIpc) is 3.30. The minimum absolute atomic E-state index is 0.00000859. The number of carbonyl (C=O) groups excluding carboxylic acids is 7. The maximum absolute atomic E-state index is 15.7. The Balaban J connectivity index is 1.42. The van der Waals surface area contributed by atoms with E-state index < -0.39 is 118 Å². The topological polar surface area (TPSA) is 218 Å². The smallest absolute Gasteiger partial charge is 0.350 e. The van der Waals surface area contributed by atoms with Crippen LogP contribution in [-0.4, -0.2) is 93.5 Å². The molecule has 15 nitrogen and oxygen atoms in total.